The Bertz CT molecular complexity index is 602. The molecule has 0 saturated heterocycles. The number of amides is 2. The van der Waals surface area contributed by atoms with Gasteiger partial charge in [0.25, 0.3) is 0 Å². The lowest BCUT2D eigenvalue weighted by atomic mass is 10.1. The number of carbonyl (C=O) groups is 3. The van der Waals surface area contributed by atoms with Gasteiger partial charge in [0.1, 0.15) is 11.6 Å². The van der Waals surface area contributed by atoms with Gasteiger partial charge in [0.15, 0.2) is 0 Å². The first-order valence-corrected chi connectivity index (χ1v) is 13.2. The van der Waals surface area contributed by atoms with E-state index in [9.17, 15) is 14.4 Å². The highest BCUT2D eigenvalue weighted by Gasteiger charge is 2.19. The van der Waals surface area contributed by atoms with E-state index in [1.54, 1.807) is 0 Å². The maximum Gasteiger partial charge on any atom is 0.308 e. The Hall–Kier alpha value is -1.83. The van der Waals surface area contributed by atoms with Gasteiger partial charge in [-0.1, -0.05) is 0 Å². The predicted octanol–water partition coefficient (Wildman–Crippen LogP) is 0.254. The fraction of sp³-hybridized carbons (Fsp3) is 0.880. The van der Waals surface area contributed by atoms with Crippen LogP contribution in [0.3, 0.4) is 0 Å². The second kappa shape index (κ2) is 23.3. The predicted molar refractivity (Wildman–Crippen MR) is 140 cm³/mol. The van der Waals surface area contributed by atoms with Crippen molar-refractivity contribution in [2.75, 3.05) is 72.5 Å². The molecule has 37 heavy (non-hydrogen) atoms. The molecule has 0 aromatic rings. The van der Waals surface area contributed by atoms with E-state index in [2.05, 4.69) is 10.6 Å². The molecule has 12 heteroatoms. The van der Waals surface area contributed by atoms with Crippen LogP contribution in [0.1, 0.15) is 59.3 Å². The summed E-state index contributed by atoms with van der Waals surface area (Å²) >= 11 is 0. The Morgan fingerprint density at radius 3 is 1.81 bits per heavy atom. The van der Waals surface area contributed by atoms with Gasteiger partial charge in [-0.25, -0.2) is 0 Å². The van der Waals surface area contributed by atoms with E-state index in [-0.39, 0.29) is 24.2 Å². The average Bonchev–Trinajstić information content (AvgIpc) is 2.83. The number of nitrogens with two attached hydrogens (primary N) is 2. The maximum atomic E-state index is 12.4. The van der Waals surface area contributed by atoms with Crippen LogP contribution in [-0.4, -0.2) is 102 Å². The largest absolute Gasteiger partial charge is 0.460 e. The summed E-state index contributed by atoms with van der Waals surface area (Å²) in [5.41, 5.74) is 10.5. The summed E-state index contributed by atoms with van der Waals surface area (Å²) in [4.78, 5) is 36.0. The number of hydrogen-bond donors (Lipinski definition) is 4. The molecular formula is C25H50N4O8. The van der Waals surface area contributed by atoms with Crippen molar-refractivity contribution in [3.63, 3.8) is 0 Å². The molecule has 0 saturated carbocycles. The molecule has 1 atom stereocenters. The van der Waals surface area contributed by atoms with Crippen LogP contribution in [0, 0.1) is 0 Å². The molecule has 0 aromatic carbocycles. The first-order chi connectivity index (χ1) is 17.7. The number of nitrogens with one attached hydrogen (secondary N) is 2. The van der Waals surface area contributed by atoms with Crippen molar-refractivity contribution in [2.24, 2.45) is 11.5 Å². The average molecular weight is 535 g/mol. The molecule has 0 fully saturated rings. The van der Waals surface area contributed by atoms with Crippen LogP contribution in [-0.2, 0) is 38.1 Å². The minimum absolute atomic E-state index is 0.179. The van der Waals surface area contributed by atoms with Gasteiger partial charge in [-0.3, -0.25) is 14.4 Å². The van der Waals surface area contributed by atoms with Crippen LogP contribution >= 0.6 is 0 Å². The number of unbranched alkanes of at least 4 members (excludes halogenated alkanes) is 1. The van der Waals surface area contributed by atoms with E-state index in [0.29, 0.717) is 91.8 Å². The van der Waals surface area contributed by atoms with Crippen molar-refractivity contribution in [3.8, 4) is 0 Å². The van der Waals surface area contributed by atoms with E-state index in [1.165, 1.54) is 0 Å². The van der Waals surface area contributed by atoms with E-state index in [1.807, 2.05) is 20.8 Å². The highest BCUT2D eigenvalue weighted by molar-refractivity contribution is 5.87. The lowest BCUT2D eigenvalue weighted by Crippen LogP contribution is -2.47. The van der Waals surface area contributed by atoms with E-state index >= 15 is 0 Å². The van der Waals surface area contributed by atoms with Crippen molar-refractivity contribution in [1.82, 2.24) is 10.6 Å². The normalized spacial score (nSPS) is 12.2. The minimum Gasteiger partial charge on any atom is -0.460 e. The fourth-order valence-electron chi connectivity index (χ4n) is 2.97. The third-order valence-electron chi connectivity index (χ3n) is 4.74. The number of ether oxygens (including phenoxy) is 5. The van der Waals surface area contributed by atoms with Crippen molar-refractivity contribution in [1.29, 1.82) is 0 Å². The van der Waals surface area contributed by atoms with Gasteiger partial charge in [0.05, 0.1) is 59.3 Å². The van der Waals surface area contributed by atoms with Crippen LogP contribution in [0.5, 0.6) is 0 Å². The Balaban J connectivity index is 3.68. The fourth-order valence-corrected chi connectivity index (χ4v) is 2.97. The van der Waals surface area contributed by atoms with Gasteiger partial charge < -0.3 is 45.8 Å². The molecule has 0 aliphatic carbocycles. The van der Waals surface area contributed by atoms with Crippen LogP contribution in [0.2, 0.25) is 0 Å². The van der Waals surface area contributed by atoms with Gasteiger partial charge in [-0.2, -0.15) is 0 Å². The zero-order chi connectivity index (χ0) is 27.8. The molecule has 0 spiro atoms. The first-order valence-electron chi connectivity index (χ1n) is 13.2. The second-order valence-corrected chi connectivity index (χ2v) is 9.37. The van der Waals surface area contributed by atoms with Crippen molar-refractivity contribution in [3.05, 3.63) is 0 Å². The van der Waals surface area contributed by atoms with Crippen LogP contribution in [0.15, 0.2) is 0 Å². The Labute approximate surface area is 221 Å². The summed E-state index contributed by atoms with van der Waals surface area (Å²) in [5, 5.41) is 5.57. The van der Waals surface area contributed by atoms with Crippen LogP contribution < -0.4 is 22.1 Å². The van der Waals surface area contributed by atoms with Gasteiger partial charge in [0.2, 0.25) is 11.8 Å². The molecular weight excluding hydrogens is 484 g/mol. The number of rotatable bonds is 24. The Morgan fingerprint density at radius 2 is 1.27 bits per heavy atom. The molecule has 0 heterocycles. The molecule has 0 aliphatic heterocycles. The molecule has 0 aromatic heterocycles. The van der Waals surface area contributed by atoms with Crippen molar-refractivity contribution in [2.45, 2.75) is 70.9 Å². The second-order valence-electron chi connectivity index (χ2n) is 9.37. The van der Waals surface area contributed by atoms with Gasteiger partial charge in [-0.15, -0.1) is 0 Å². The van der Waals surface area contributed by atoms with Crippen LogP contribution in [0.4, 0.5) is 0 Å². The minimum atomic E-state index is -0.587. The van der Waals surface area contributed by atoms with Gasteiger partial charge in [-0.05, 0) is 59.5 Å². The van der Waals surface area contributed by atoms with Crippen molar-refractivity contribution < 1.29 is 38.1 Å². The maximum absolute atomic E-state index is 12.4. The van der Waals surface area contributed by atoms with E-state index in [4.69, 9.17) is 35.2 Å². The first kappa shape index (κ1) is 35.2. The summed E-state index contributed by atoms with van der Waals surface area (Å²) in [5.74, 6) is -0.693. The Morgan fingerprint density at radius 1 is 0.730 bits per heavy atom. The highest BCUT2D eigenvalue weighted by Crippen LogP contribution is 2.08. The molecule has 0 bridgehead atoms. The molecule has 6 N–H and O–H groups in total. The summed E-state index contributed by atoms with van der Waals surface area (Å²) in [6.45, 7) is 9.86. The quantitative estimate of drug-likeness (QED) is 0.0993. The third kappa shape index (κ3) is 24.3. The molecule has 0 rings (SSSR count). The molecule has 218 valence electrons. The summed E-state index contributed by atoms with van der Waals surface area (Å²) in [6, 6.07) is -0.587. The SMILES string of the molecule is CC(C)(C)OC(=O)CCOCCOCCOCCOCCNC(=O)C(CCCCN)NC(=O)CCCN. The van der Waals surface area contributed by atoms with E-state index in [0.717, 1.165) is 12.8 Å². The smallest absolute Gasteiger partial charge is 0.308 e. The summed E-state index contributed by atoms with van der Waals surface area (Å²) in [7, 11) is 0. The summed E-state index contributed by atoms with van der Waals surface area (Å²) in [6.07, 6.45) is 3.17. The van der Waals surface area contributed by atoms with Gasteiger partial charge >= 0.3 is 5.97 Å². The van der Waals surface area contributed by atoms with E-state index < -0.39 is 11.6 Å². The molecule has 0 aliphatic rings. The number of esters is 1. The monoisotopic (exact) mass is 534 g/mol. The zero-order valence-corrected chi connectivity index (χ0v) is 23.0. The topological polar surface area (TPSA) is 173 Å². The highest BCUT2D eigenvalue weighted by atomic mass is 16.6. The van der Waals surface area contributed by atoms with Crippen LogP contribution in [0.25, 0.3) is 0 Å². The molecule has 1 unspecified atom stereocenters. The van der Waals surface area contributed by atoms with Crippen molar-refractivity contribution >= 4 is 17.8 Å². The molecule has 0 radical (unpaired) electrons. The lowest BCUT2D eigenvalue weighted by molar-refractivity contribution is -0.156. The van der Waals surface area contributed by atoms with Gasteiger partial charge in [0, 0.05) is 13.0 Å². The number of carbonyl (C=O) groups excluding carboxylic acids is 3. The summed E-state index contributed by atoms with van der Waals surface area (Å²) < 4.78 is 26.8. The molecule has 2 amide bonds. The Kier molecular flexibility index (Phi) is 22.1. The standard InChI is InChI=1S/C25H50N4O8/c1-25(2,3)37-23(31)9-13-33-15-17-35-19-20-36-18-16-34-14-12-28-24(32)21(7-4-5-10-26)29-22(30)8-6-11-27/h21H,4-20,26-27H2,1-3H3,(H,28,32)(H,29,30). The number of hydrogen-bond acceptors (Lipinski definition) is 10. The molecule has 12 nitrogen and oxygen atoms in total. The third-order valence-corrected chi connectivity index (χ3v) is 4.74. The zero-order valence-electron chi connectivity index (χ0n) is 23.0. The lowest BCUT2D eigenvalue weighted by Gasteiger charge is -2.19.